The lowest BCUT2D eigenvalue weighted by atomic mass is 10.2. The molecule has 12 rings (SSSR count). The average Bonchev–Trinajstić information content (AvgIpc) is 2.50. The first-order chi connectivity index (χ1) is 41.9. The van der Waals surface area contributed by atoms with E-state index < -0.39 is 0 Å². The number of hydrogen-bond acceptors (Lipinski definition) is 21. The minimum Gasteiger partial charge on any atom is -0.373 e. The molecular weight excluding hydrogens is 1100 g/mol. The van der Waals surface area contributed by atoms with Gasteiger partial charge in [0.05, 0.1) is 35.3 Å². The van der Waals surface area contributed by atoms with Crippen molar-refractivity contribution in [1.29, 1.82) is 0 Å². The number of aromatic nitrogens is 12. The number of hydrogen-bond donors (Lipinski definition) is 9. The van der Waals surface area contributed by atoms with E-state index in [1.807, 2.05) is 115 Å². The van der Waals surface area contributed by atoms with Crippen molar-refractivity contribution in [1.82, 2.24) is 89.4 Å². The summed E-state index contributed by atoms with van der Waals surface area (Å²) in [7, 11) is 10.9. The highest BCUT2D eigenvalue weighted by Crippen LogP contribution is 2.29. The van der Waals surface area contributed by atoms with E-state index in [2.05, 4.69) is 97.8 Å². The summed E-state index contributed by atoms with van der Waals surface area (Å²) in [6.07, 6.45) is 7.35. The number of rotatable bonds is 18. The number of fused-ring (bicyclic) bond motifs is 3. The van der Waals surface area contributed by atoms with E-state index in [1.165, 1.54) is 0 Å². The molecule has 450 valence electrons. The average molecular weight is 1180 g/mol. The molecule has 0 aliphatic carbocycles. The molecule has 9 aromatic heterocycles. The van der Waals surface area contributed by atoms with Crippen LogP contribution in [-0.2, 0) is 14.4 Å². The van der Waals surface area contributed by atoms with Crippen molar-refractivity contribution in [3.63, 3.8) is 0 Å². The Kier molecular flexibility index (Phi) is 17.4. The molecule has 0 aromatic carbocycles. The second kappa shape index (κ2) is 25.6. The number of nitrogens with one attached hydrogen (secondary N) is 9. The molecular formula is C60H72N24O3. The van der Waals surface area contributed by atoms with Gasteiger partial charge >= 0.3 is 0 Å². The summed E-state index contributed by atoms with van der Waals surface area (Å²) in [5.41, 5.74) is 8.71. The molecule has 9 N–H and O–H groups in total. The summed E-state index contributed by atoms with van der Waals surface area (Å²) in [5.74, 6) is 6.52. The number of pyridine rings is 3. The monoisotopic (exact) mass is 1180 g/mol. The van der Waals surface area contributed by atoms with E-state index in [-0.39, 0.29) is 35.8 Å². The maximum absolute atomic E-state index is 12.2. The molecule has 0 saturated carbocycles. The molecule has 3 aliphatic rings. The number of carbonyl (C=O) groups is 3. The van der Waals surface area contributed by atoms with Crippen molar-refractivity contribution >= 4 is 104 Å². The smallest absolute Gasteiger partial charge is 0.244 e. The van der Waals surface area contributed by atoms with Crippen LogP contribution in [0, 0.1) is 20.8 Å². The van der Waals surface area contributed by atoms with E-state index in [0.29, 0.717) is 68.9 Å². The van der Waals surface area contributed by atoms with E-state index in [9.17, 15) is 14.4 Å². The van der Waals surface area contributed by atoms with Crippen molar-refractivity contribution in [2.24, 2.45) is 0 Å². The van der Waals surface area contributed by atoms with Gasteiger partial charge in [0.25, 0.3) is 0 Å². The topological polar surface area (TPSA) is 298 Å². The third-order valence-electron chi connectivity index (χ3n) is 14.9. The number of likely N-dealkylation sites (N-methyl/N-ethyl adjacent to an activating group) is 3. The Bertz CT molecular complexity index is 3680. The van der Waals surface area contributed by atoms with Crippen molar-refractivity contribution in [3.8, 4) is 0 Å². The van der Waals surface area contributed by atoms with Gasteiger partial charge in [0, 0.05) is 114 Å². The molecule has 0 radical (unpaired) electrons. The molecule has 0 bridgehead atoms. The third-order valence-corrected chi connectivity index (χ3v) is 14.9. The summed E-state index contributed by atoms with van der Waals surface area (Å²) >= 11 is 0. The van der Waals surface area contributed by atoms with Crippen LogP contribution < -0.4 is 47.9 Å². The third kappa shape index (κ3) is 13.1. The largest absolute Gasteiger partial charge is 0.373 e. The molecule has 12 heterocycles. The normalized spacial score (nSPS) is 16.3. The maximum Gasteiger partial charge on any atom is 0.244 e. The SMILES string of the molecule is C=C(NC1CCN(C)C1=O)c1cnn2c(NC)cc(Nc3cccc(C)n3)nc12.C=C(N[C@@H]1CCN(C)C1=O)c1cnn2c(NC)cc(Nc3cccc(C)n3)nc12.C=C(N[C@H]1CCN(C)C1=O)c1cnn2c(NC)cc(Nc3cccc(C)n3)nc12. The number of aryl methyl sites for hydroxylation is 3. The lowest BCUT2D eigenvalue weighted by Gasteiger charge is -2.15. The Morgan fingerprint density at radius 2 is 0.701 bits per heavy atom. The zero-order valence-corrected chi connectivity index (χ0v) is 50.2. The number of carbonyl (C=O) groups excluding carboxylic acids is 3. The van der Waals surface area contributed by atoms with Crippen LogP contribution in [0.1, 0.15) is 53.0 Å². The van der Waals surface area contributed by atoms with E-state index in [0.717, 1.165) is 90.1 Å². The number of anilines is 9. The predicted molar refractivity (Wildman–Crippen MR) is 339 cm³/mol. The lowest BCUT2D eigenvalue weighted by Crippen LogP contribution is -2.35. The molecule has 3 aliphatic heterocycles. The van der Waals surface area contributed by atoms with Gasteiger partial charge in [0.2, 0.25) is 17.7 Å². The minimum absolute atomic E-state index is 0.0689. The fourth-order valence-corrected chi connectivity index (χ4v) is 10.2. The number of likely N-dealkylation sites (tertiary alicyclic amines) is 3. The first kappa shape index (κ1) is 59.3. The molecule has 27 heteroatoms. The fraction of sp³-hybridized carbons (Fsp3) is 0.300. The second-order valence-electron chi connectivity index (χ2n) is 21.3. The highest BCUT2D eigenvalue weighted by molar-refractivity contribution is 5.89. The molecule has 87 heavy (non-hydrogen) atoms. The molecule has 0 spiro atoms. The fourth-order valence-electron chi connectivity index (χ4n) is 10.2. The van der Waals surface area contributed by atoms with Crippen LogP contribution in [0.3, 0.4) is 0 Å². The van der Waals surface area contributed by atoms with Gasteiger partial charge in [0.1, 0.15) is 70.5 Å². The van der Waals surface area contributed by atoms with E-state index >= 15 is 0 Å². The molecule has 3 fully saturated rings. The molecule has 9 aromatic rings. The zero-order chi connectivity index (χ0) is 61.6. The second-order valence-corrected chi connectivity index (χ2v) is 21.3. The van der Waals surface area contributed by atoms with Crippen molar-refractivity contribution in [2.45, 2.75) is 58.2 Å². The summed E-state index contributed by atoms with van der Waals surface area (Å²) in [6, 6.07) is 22.0. The van der Waals surface area contributed by atoms with Crippen molar-refractivity contribution < 1.29 is 14.4 Å². The lowest BCUT2D eigenvalue weighted by molar-refractivity contribution is -0.128. The van der Waals surface area contributed by atoms with Crippen LogP contribution in [0.5, 0.6) is 0 Å². The Morgan fingerprint density at radius 3 is 0.931 bits per heavy atom. The molecule has 27 nitrogen and oxygen atoms in total. The summed E-state index contributed by atoms with van der Waals surface area (Å²) in [6.45, 7) is 20.4. The van der Waals surface area contributed by atoms with E-state index in [1.54, 1.807) is 68.0 Å². The summed E-state index contributed by atoms with van der Waals surface area (Å²) in [4.78, 5) is 69.3. The number of amides is 3. The van der Waals surface area contributed by atoms with Gasteiger partial charge in [-0.05, 0) is 76.4 Å². The van der Waals surface area contributed by atoms with Gasteiger partial charge in [-0.1, -0.05) is 37.9 Å². The van der Waals surface area contributed by atoms with Gasteiger partial charge in [0.15, 0.2) is 16.9 Å². The Morgan fingerprint density at radius 1 is 0.425 bits per heavy atom. The van der Waals surface area contributed by atoms with Crippen LogP contribution in [0.2, 0.25) is 0 Å². The van der Waals surface area contributed by atoms with Crippen molar-refractivity contribution in [3.05, 3.63) is 145 Å². The number of nitrogens with zero attached hydrogens (tertiary/aromatic N) is 15. The molecule has 3 amide bonds. The van der Waals surface area contributed by atoms with Crippen LogP contribution in [0.15, 0.2) is 111 Å². The quantitative estimate of drug-likeness (QED) is 0.0474. The van der Waals surface area contributed by atoms with E-state index in [4.69, 9.17) is 15.0 Å². The van der Waals surface area contributed by atoms with Gasteiger partial charge in [-0.3, -0.25) is 14.4 Å². The first-order valence-corrected chi connectivity index (χ1v) is 28.3. The van der Waals surface area contributed by atoms with Gasteiger partial charge in [-0.25, -0.2) is 29.9 Å². The van der Waals surface area contributed by atoms with Crippen LogP contribution in [0.25, 0.3) is 34.0 Å². The highest BCUT2D eigenvalue weighted by atomic mass is 16.2. The van der Waals surface area contributed by atoms with Crippen LogP contribution >= 0.6 is 0 Å². The Hall–Kier alpha value is -10.9. The predicted octanol–water partition coefficient (Wildman–Crippen LogP) is 6.03. The standard InChI is InChI=1S/3C20H24N8O/c3*1-12-6-5-7-16(23-12)25-17-10-18(21-3)28-19(26-17)14(11-22-28)13(2)24-15-8-9-27(4)20(15)29/h3*5-7,10-11,15,21,24H,2,8-9H2,1,3-4H3,(H,23,25,26)/t2*15-;/m10./s1. The van der Waals surface area contributed by atoms with Gasteiger partial charge < -0.3 is 62.6 Å². The molecule has 3 atom stereocenters. The van der Waals surface area contributed by atoms with Gasteiger partial charge in [-0.2, -0.15) is 28.8 Å². The van der Waals surface area contributed by atoms with Crippen molar-refractivity contribution in [2.75, 3.05) is 93.8 Å². The first-order valence-electron chi connectivity index (χ1n) is 28.3. The Balaban J connectivity index is 0.000000144. The highest BCUT2D eigenvalue weighted by Gasteiger charge is 2.32. The summed E-state index contributed by atoms with van der Waals surface area (Å²) in [5, 5.41) is 42.1. The van der Waals surface area contributed by atoms with Gasteiger partial charge in [-0.15, -0.1) is 0 Å². The molecule has 1 unspecified atom stereocenters. The maximum atomic E-state index is 12.2. The van der Waals surface area contributed by atoms with Crippen LogP contribution in [0.4, 0.5) is 52.4 Å². The summed E-state index contributed by atoms with van der Waals surface area (Å²) < 4.78 is 5.12. The van der Waals surface area contributed by atoms with Crippen LogP contribution in [-0.4, -0.2) is 171 Å². The Labute approximate surface area is 502 Å². The minimum atomic E-state index is -0.274. The molecule has 3 saturated heterocycles. The zero-order valence-electron chi connectivity index (χ0n) is 50.2.